The lowest BCUT2D eigenvalue weighted by Crippen LogP contribution is -2.52. The number of carbonyl (C=O) groups is 2. The standard InChI is InChI=1S/C22H31N3O5/c1-5-16-20(21(26)30-6-2)17(24-22(27)23-16)13-25-11-7-8-18(25)15-10-9-14(28-3)12-19(15)29-4/h9-10,12,16,18H,5-8,11,13H2,1-4H3,(H2,23,24,27). The van der Waals surface area contributed by atoms with Crippen molar-refractivity contribution in [3.63, 3.8) is 0 Å². The van der Waals surface area contributed by atoms with Gasteiger partial charge in [0.15, 0.2) is 0 Å². The molecule has 2 amide bonds. The molecule has 30 heavy (non-hydrogen) atoms. The summed E-state index contributed by atoms with van der Waals surface area (Å²) in [6.07, 6.45) is 2.60. The van der Waals surface area contributed by atoms with Crippen molar-refractivity contribution in [1.82, 2.24) is 15.5 Å². The van der Waals surface area contributed by atoms with Crippen LogP contribution in [0.2, 0.25) is 0 Å². The molecule has 0 bridgehead atoms. The second-order valence-electron chi connectivity index (χ2n) is 7.41. The summed E-state index contributed by atoms with van der Waals surface area (Å²) in [7, 11) is 3.28. The van der Waals surface area contributed by atoms with Gasteiger partial charge in [-0.05, 0) is 38.8 Å². The van der Waals surface area contributed by atoms with Gasteiger partial charge in [-0.1, -0.05) is 13.0 Å². The predicted molar refractivity (Wildman–Crippen MR) is 112 cm³/mol. The number of amides is 2. The van der Waals surface area contributed by atoms with Gasteiger partial charge in [0, 0.05) is 29.9 Å². The highest BCUT2D eigenvalue weighted by molar-refractivity contribution is 5.94. The Morgan fingerprint density at radius 2 is 2.03 bits per heavy atom. The number of urea groups is 1. The number of esters is 1. The fourth-order valence-electron chi connectivity index (χ4n) is 4.25. The maximum Gasteiger partial charge on any atom is 0.337 e. The largest absolute Gasteiger partial charge is 0.497 e. The molecule has 2 aliphatic rings. The van der Waals surface area contributed by atoms with E-state index in [4.69, 9.17) is 14.2 Å². The van der Waals surface area contributed by atoms with Crippen LogP contribution in [0.3, 0.4) is 0 Å². The molecule has 1 aromatic rings. The first-order valence-corrected chi connectivity index (χ1v) is 10.5. The van der Waals surface area contributed by atoms with Crippen molar-refractivity contribution in [2.75, 3.05) is 33.9 Å². The van der Waals surface area contributed by atoms with E-state index in [1.54, 1.807) is 21.1 Å². The molecule has 0 spiro atoms. The highest BCUT2D eigenvalue weighted by Gasteiger charge is 2.35. The molecular formula is C22H31N3O5. The molecule has 2 heterocycles. The molecule has 164 valence electrons. The summed E-state index contributed by atoms with van der Waals surface area (Å²) in [5.41, 5.74) is 2.19. The van der Waals surface area contributed by atoms with Crippen molar-refractivity contribution >= 4 is 12.0 Å². The van der Waals surface area contributed by atoms with Crippen LogP contribution in [0.25, 0.3) is 0 Å². The maximum atomic E-state index is 12.7. The molecule has 0 saturated carbocycles. The van der Waals surface area contributed by atoms with E-state index in [-0.39, 0.29) is 30.7 Å². The molecule has 1 aromatic carbocycles. The summed E-state index contributed by atoms with van der Waals surface area (Å²) in [4.78, 5) is 27.1. The lowest BCUT2D eigenvalue weighted by Gasteiger charge is -2.32. The molecule has 3 rings (SSSR count). The molecule has 2 aliphatic heterocycles. The smallest absolute Gasteiger partial charge is 0.337 e. The Labute approximate surface area is 177 Å². The first-order chi connectivity index (χ1) is 14.5. The predicted octanol–water partition coefficient (Wildman–Crippen LogP) is 2.75. The normalized spacial score (nSPS) is 21.8. The van der Waals surface area contributed by atoms with E-state index in [1.165, 1.54) is 0 Å². The number of hydrogen-bond donors (Lipinski definition) is 2. The Morgan fingerprint density at radius 1 is 1.23 bits per heavy atom. The fraction of sp³-hybridized carbons (Fsp3) is 0.545. The quantitative estimate of drug-likeness (QED) is 0.633. The summed E-state index contributed by atoms with van der Waals surface area (Å²) in [6.45, 7) is 5.32. The molecule has 2 N–H and O–H groups in total. The Balaban J connectivity index is 1.92. The Morgan fingerprint density at radius 3 is 2.70 bits per heavy atom. The van der Waals surface area contributed by atoms with Crippen LogP contribution < -0.4 is 20.1 Å². The van der Waals surface area contributed by atoms with Crippen molar-refractivity contribution in [1.29, 1.82) is 0 Å². The van der Waals surface area contributed by atoms with Gasteiger partial charge in [-0.3, -0.25) is 4.90 Å². The highest BCUT2D eigenvalue weighted by Crippen LogP contribution is 2.39. The number of rotatable bonds is 8. The number of methoxy groups -OCH3 is 2. The molecule has 2 unspecified atom stereocenters. The minimum atomic E-state index is -0.385. The Bertz CT molecular complexity index is 823. The average molecular weight is 418 g/mol. The second-order valence-corrected chi connectivity index (χ2v) is 7.41. The molecule has 8 nitrogen and oxygen atoms in total. The van der Waals surface area contributed by atoms with Gasteiger partial charge in [-0.25, -0.2) is 9.59 Å². The number of nitrogens with zero attached hydrogens (tertiary/aromatic N) is 1. The lowest BCUT2D eigenvalue weighted by atomic mass is 9.99. The van der Waals surface area contributed by atoms with Crippen LogP contribution in [0.5, 0.6) is 11.5 Å². The van der Waals surface area contributed by atoms with E-state index in [9.17, 15) is 9.59 Å². The van der Waals surface area contributed by atoms with Crippen LogP contribution in [0.1, 0.15) is 44.7 Å². The molecule has 1 saturated heterocycles. The van der Waals surface area contributed by atoms with Crippen LogP contribution in [-0.4, -0.2) is 56.9 Å². The van der Waals surface area contributed by atoms with E-state index >= 15 is 0 Å². The van der Waals surface area contributed by atoms with Gasteiger partial charge in [0.1, 0.15) is 11.5 Å². The SMILES string of the molecule is CCOC(=O)C1=C(CN2CCCC2c2ccc(OC)cc2OC)NC(=O)NC1CC. The number of ether oxygens (including phenoxy) is 3. The molecule has 2 atom stereocenters. The third kappa shape index (κ3) is 4.53. The van der Waals surface area contributed by atoms with E-state index in [2.05, 4.69) is 15.5 Å². The van der Waals surface area contributed by atoms with Gasteiger partial charge >= 0.3 is 12.0 Å². The van der Waals surface area contributed by atoms with Crippen molar-refractivity contribution in [3.8, 4) is 11.5 Å². The lowest BCUT2D eigenvalue weighted by molar-refractivity contribution is -0.139. The zero-order valence-corrected chi connectivity index (χ0v) is 18.1. The summed E-state index contributed by atoms with van der Waals surface area (Å²) >= 11 is 0. The second kappa shape index (κ2) is 9.84. The fourth-order valence-corrected chi connectivity index (χ4v) is 4.25. The molecular weight excluding hydrogens is 386 g/mol. The Kier molecular flexibility index (Phi) is 7.20. The van der Waals surface area contributed by atoms with Crippen LogP contribution >= 0.6 is 0 Å². The van der Waals surface area contributed by atoms with Crippen LogP contribution in [-0.2, 0) is 9.53 Å². The molecule has 1 fully saturated rings. The third-order valence-corrected chi connectivity index (χ3v) is 5.67. The number of nitrogens with one attached hydrogen (secondary N) is 2. The van der Waals surface area contributed by atoms with Crippen LogP contribution in [0.4, 0.5) is 4.79 Å². The first-order valence-electron chi connectivity index (χ1n) is 10.5. The average Bonchev–Trinajstić information content (AvgIpc) is 3.20. The van der Waals surface area contributed by atoms with E-state index < -0.39 is 0 Å². The Hall–Kier alpha value is -2.74. The van der Waals surface area contributed by atoms with Gasteiger partial charge in [-0.15, -0.1) is 0 Å². The highest BCUT2D eigenvalue weighted by atomic mass is 16.5. The summed E-state index contributed by atoms with van der Waals surface area (Å²) in [5, 5.41) is 5.67. The van der Waals surface area contributed by atoms with Gasteiger partial charge in [0.25, 0.3) is 0 Å². The molecule has 0 radical (unpaired) electrons. The number of carbonyl (C=O) groups excluding carboxylic acids is 2. The van der Waals surface area contributed by atoms with Crippen molar-refractivity contribution in [2.24, 2.45) is 0 Å². The first kappa shape index (κ1) is 22.0. The minimum Gasteiger partial charge on any atom is -0.497 e. The number of benzene rings is 1. The van der Waals surface area contributed by atoms with Crippen molar-refractivity contribution in [3.05, 3.63) is 35.0 Å². The monoisotopic (exact) mass is 417 g/mol. The zero-order valence-electron chi connectivity index (χ0n) is 18.1. The number of likely N-dealkylation sites (tertiary alicyclic amines) is 1. The van der Waals surface area contributed by atoms with Gasteiger partial charge in [0.2, 0.25) is 0 Å². The zero-order chi connectivity index (χ0) is 21.7. The van der Waals surface area contributed by atoms with Gasteiger partial charge in [0.05, 0.1) is 32.4 Å². The van der Waals surface area contributed by atoms with Gasteiger partial charge in [-0.2, -0.15) is 0 Å². The third-order valence-electron chi connectivity index (χ3n) is 5.67. The van der Waals surface area contributed by atoms with E-state index in [0.717, 1.165) is 36.4 Å². The van der Waals surface area contributed by atoms with Crippen LogP contribution in [0, 0.1) is 0 Å². The topological polar surface area (TPSA) is 89.1 Å². The van der Waals surface area contributed by atoms with Crippen molar-refractivity contribution < 1.29 is 23.8 Å². The maximum absolute atomic E-state index is 12.7. The summed E-state index contributed by atoms with van der Waals surface area (Å²) < 4.78 is 16.2. The molecule has 0 aliphatic carbocycles. The van der Waals surface area contributed by atoms with Gasteiger partial charge < -0.3 is 24.8 Å². The molecule has 0 aromatic heterocycles. The summed E-state index contributed by atoms with van der Waals surface area (Å²) in [5.74, 6) is 1.13. The van der Waals surface area contributed by atoms with E-state index in [1.807, 2.05) is 25.1 Å². The van der Waals surface area contributed by atoms with Crippen molar-refractivity contribution in [2.45, 2.75) is 45.2 Å². The van der Waals surface area contributed by atoms with E-state index in [0.29, 0.717) is 24.2 Å². The minimum absolute atomic E-state index is 0.119. The van der Waals surface area contributed by atoms with Crippen LogP contribution in [0.15, 0.2) is 29.5 Å². The number of hydrogen-bond acceptors (Lipinski definition) is 6. The molecule has 8 heteroatoms. The summed E-state index contributed by atoms with van der Waals surface area (Å²) in [6, 6.07) is 5.31.